The molecule has 0 saturated carbocycles. The number of ketones is 1. The van der Waals surface area contributed by atoms with Crippen molar-refractivity contribution in [3.8, 4) is 11.5 Å². The molecule has 6 heteroatoms. The third kappa shape index (κ3) is 2.87. The van der Waals surface area contributed by atoms with Gasteiger partial charge in [-0.05, 0) is 31.0 Å². The predicted octanol–water partition coefficient (Wildman–Crippen LogP) is 2.75. The molecule has 2 aromatic rings. The fraction of sp³-hybridized carbons (Fsp3) is 0.333. The molecular weight excluding hydrogens is 310 g/mol. The van der Waals surface area contributed by atoms with Gasteiger partial charge in [0.05, 0.1) is 12.7 Å². The van der Waals surface area contributed by atoms with Gasteiger partial charge in [-0.2, -0.15) is 0 Å². The molecule has 2 N–H and O–H groups in total. The number of furan rings is 1. The van der Waals surface area contributed by atoms with Crippen LogP contribution in [0.2, 0.25) is 0 Å². The van der Waals surface area contributed by atoms with Crippen LogP contribution in [0.4, 0.5) is 0 Å². The molecule has 1 aromatic carbocycles. The van der Waals surface area contributed by atoms with Gasteiger partial charge < -0.3 is 19.6 Å². The van der Waals surface area contributed by atoms with Gasteiger partial charge in [0.15, 0.2) is 23.0 Å². The van der Waals surface area contributed by atoms with E-state index in [1.165, 1.54) is 13.2 Å². The first kappa shape index (κ1) is 16.1. The number of carbonyl (C=O) groups is 2. The molecule has 1 aromatic heterocycles. The van der Waals surface area contributed by atoms with Crippen LogP contribution >= 0.6 is 0 Å². The minimum absolute atomic E-state index is 0.0415. The molecule has 0 atom stereocenters. The van der Waals surface area contributed by atoms with Gasteiger partial charge in [0, 0.05) is 24.9 Å². The first-order valence-corrected chi connectivity index (χ1v) is 7.80. The van der Waals surface area contributed by atoms with E-state index >= 15 is 0 Å². The Bertz CT molecular complexity index is 806. The Morgan fingerprint density at radius 2 is 2.17 bits per heavy atom. The smallest absolute Gasteiger partial charge is 0.287 e. The SMILES string of the molecule is COc1cc(CNC(=O)c2oc3c(c2C)C(=O)CCC3)ccc1O. The van der Waals surface area contributed by atoms with Crippen LogP contribution in [0, 0.1) is 6.92 Å². The zero-order valence-corrected chi connectivity index (χ0v) is 13.6. The van der Waals surface area contributed by atoms with E-state index in [1.54, 1.807) is 19.1 Å². The second-order valence-electron chi connectivity index (χ2n) is 5.82. The molecule has 1 heterocycles. The van der Waals surface area contributed by atoms with Gasteiger partial charge in [-0.1, -0.05) is 6.07 Å². The van der Waals surface area contributed by atoms with Gasteiger partial charge >= 0.3 is 0 Å². The third-order valence-electron chi connectivity index (χ3n) is 4.21. The van der Waals surface area contributed by atoms with Crippen molar-refractivity contribution in [3.63, 3.8) is 0 Å². The Morgan fingerprint density at radius 3 is 2.88 bits per heavy atom. The van der Waals surface area contributed by atoms with E-state index < -0.39 is 0 Å². The Hall–Kier alpha value is -2.76. The minimum Gasteiger partial charge on any atom is -0.504 e. The first-order valence-electron chi connectivity index (χ1n) is 7.80. The second kappa shape index (κ2) is 6.39. The van der Waals surface area contributed by atoms with Crippen LogP contribution in [0.15, 0.2) is 22.6 Å². The topological polar surface area (TPSA) is 88.8 Å². The Morgan fingerprint density at radius 1 is 1.38 bits per heavy atom. The average Bonchev–Trinajstić information content (AvgIpc) is 2.92. The molecule has 0 radical (unpaired) electrons. The van der Waals surface area contributed by atoms with E-state index in [1.807, 2.05) is 0 Å². The number of benzene rings is 1. The number of hydrogen-bond donors (Lipinski definition) is 2. The second-order valence-corrected chi connectivity index (χ2v) is 5.82. The quantitative estimate of drug-likeness (QED) is 0.900. The number of aromatic hydroxyl groups is 1. The van der Waals surface area contributed by atoms with E-state index in [0.717, 1.165) is 12.0 Å². The highest BCUT2D eigenvalue weighted by Gasteiger charge is 2.28. The molecule has 3 rings (SSSR count). The molecule has 1 aliphatic rings. The molecule has 24 heavy (non-hydrogen) atoms. The van der Waals surface area contributed by atoms with Gasteiger partial charge in [0.25, 0.3) is 5.91 Å². The van der Waals surface area contributed by atoms with Crippen molar-refractivity contribution >= 4 is 11.7 Å². The zero-order valence-electron chi connectivity index (χ0n) is 13.6. The van der Waals surface area contributed by atoms with E-state index in [0.29, 0.717) is 35.5 Å². The van der Waals surface area contributed by atoms with Crippen molar-refractivity contribution < 1.29 is 23.8 Å². The molecule has 126 valence electrons. The van der Waals surface area contributed by atoms with Crippen LogP contribution in [0.1, 0.15) is 50.6 Å². The van der Waals surface area contributed by atoms with Crippen molar-refractivity contribution in [2.24, 2.45) is 0 Å². The predicted molar refractivity (Wildman–Crippen MR) is 86.5 cm³/mol. The monoisotopic (exact) mass is 329 g/mol. The molecule has 6 nitrogen and oxygen atoms in total. The van der Waals surface area contributed by atoms with E-state index in [-0.39, 0.29) is 29.7 Å². The number of rotatable bonds is 4. The molecule has 0 aliphatic heterocycles. The summed E-state index contributed by atoms with van der Waals surface area (Å²) in [5.74, 6) is 0.875. The fourth-order valence-electron chi connectivity index (χ4n) is 2.96. The number of phenols is 1. The normalized spacial score (nSPS) is 13.5. The summed E-state index contributed by atoms with van der Waals surface area (Å²) < 4.78 is 10.7. The number of ether oxygens (including phenoxy) is 1. The van der Waals surface area contributed by atoms with Crippen molar-refractivity contribution in [1.29, 1.82) is 0 Å². The number of phenolic OH excluding ortho intramolecular Hbond substituents is 1. The number of methoxy groups -OCH3 is 1. The molecule has 1 amide bonds. The lowest BCUT2D eigenvalue weighted by atomic mass is 9.94. The van der Waals surface area contributed by atoms with Crippen molar-refractivity contribution in [3.05, 3.63) is 46.4 Å². The average molecular weight is 329 g/mol. The highest BCUT2D eigenvalue weighted by atomic mass is 16.5. The number of amides is 1. The van der Waals surface area contributed by atoms with Crippen molar-refractivity contribution in [1.82, 2.24) is 5.32 Å². The van der Waals surface area contributed by atoms with E-state index in [9.17, 15) is 14.7 Å². The summed E-state index contributed by atoms with van der Waals surface area (Å²) in [6.07, 6.45) is 1.94. The third-order valence-corrected chi connectivity index (χ3v) is 4.21. The molecular formula is C18H19NO5. The molecule has 0 bridgehead atoms. The zero-order chi connectivity index (χ0) is 17.3. The summed E-state index contributed by atoms with van der Waals surface area (Å²) in [4.78, 5) is 24.4. The maximum Gasteiger partial charge on any atom is 0.287 e. The maximum absolute atomic E-state index is 12.4. The number of Topliss-reactive ketones (excluding diaryl/α,β-unsaturated/α-hetero) is 1. The van der Waals surface area contributed by atoms with Crippen LogP contribution in [-0.4, -0.2) is 23.9 Å². The van der Waals surface area contributed by atoms with E-state index in [2.05, 4.69) is 5.32 Å². The molecule has 0 spiro atoms. The highest BCUT2D eigenvalue weighted by Crippen LogP contribution is 2.29. The lowest BCUT2D eigenvalue weighted by molar-refractivity contribution is 0.0917. The number of aryl methyl sites for hydroxylation is 1. The Balaban J connectivity index is 1.75. The first-order chi connectivity index (χ1) is 11.5. The molecule has 0 saturated heterocycles. The van der Waals surface area contributed by atoms with Gasteiger partial charge in [-0.3, -0.25) is 9.59 Å². The summed E-state index contributed by atoms with van der Waals surface area (Å²) in [5, 5.41) is 12.4. The van der Waals surface area contributed by atoms with Gasteiger partial charge in [0.1, 0.15) is 5.76 Å². The summed E-state index contributed by atoms with van der Waals surface area (Å²) in [6.45, 7) is 2.00. The summed E-state index contributed by atoms with van der Waals surface area (Å²) in [6, 6.07) is 4.86. The molecule has 0 unspecified atom stereocenters. The number of hydrogen-bond acceptors (Lipinski definition) is 5. The Kier molecular flexibility index (Phi) is 4.29. The van der Waals surface area contributed by atoms with Crippen molar-refractivity contribution in [2.45, 2.75) is 32.7 Å². The van der Waals surface area contributed by atoms with Crippen LogP contribution in [-0.2, 0) is 13.0 Å². The molecule has 0 fully saturated rings. The van der Waals surface area contributed by atoms with Gasteiger partial charge in [-0.25, -0.2) is 0 Å². The van der Waals surface area contributed by atoms with Crippen LogP contribution < -0.4 is 10.1 Å². The van der Waals surface area contributed by atoms with E-state index in [4.69, 9.17) is 9.15 Å². The summed E-state index contributed by atoms with van der Waals surface area (Å²) in [5.41, 5.74) is 1.95. The largest absolute Gasteiger partial charge is 0.504 e. The fourth-order valence-corrected chi connectivity index (χ4v) is 2.96. The lowest BCUT2D eigenvalue weighted by Gasteiger charge is -2.08. The summed E-state index contributed by atoms with van der Waals surface area (Å²) in [7, 11) is 1.46. The lowest BCUT2D eigenvalue weighted by Crippen LogP contribution is -2.23. The minimum atomic E-state index is -0.359. The maximum atomic E-state index is 12.4. The number of carbonyl (C=O) groups excluding carboxylic acids is 2. The number of nitrogens with one attached hydrogen (secondary N) is 1. The highest BCUT2D eigenvalue weighted by molar-refractivity contribution is 6.03. The Labute approximate surface area is 139 Å². The summed E-state index contributed by atoms with van der Waals surface area (Å²) >= 11 is 0. The van der Waals surface area contributed by atoms with Crippen LogP contribution in [0.25, 0.3) is 0 Å². The van der Waals surface area contributed by atoms with Crippen LogP contribution in [0.5, 0.6) is 11.5 Å². The van der Waals surface area contributed by atoms with Crippen LogP contribution in [0.3, 0.4) is 0 Å². The standard InChI is InChI=1S/C18H19NO5/c1-10-16-13(21)4-3-5-14(16)24-17(10)18(22)19-9-11-6-7-12(20)15(8-11)23-2/h6-8,20H,3-5,9H2,1-2H3,(H,19,22). The van der Waals surface area contributed by atoms with Crippen molar-refractivity contribution in [2.75, 3.05) is 7.11 Å². The van der Waals surface area contributed by atoms with Gasteiger partial charge in [-0.15, -0.1) is 0 Å². The molecule has 1 aliphatic carbocycles. The van der Waals surface area contributed by atoms with Gasteiger partial charge in [0.2, 0.25) is 0 Å². The number of fused-ring (bicyclic) bond motifs is 1.